The second-order valence-electron chi connectivity index (χ2n) is 5.39. The van der Waals surface area contributed by atoms with E-state index in [0.29, 0.717) is 63.0 Å². The number of hydrogen-bond donors (Lipinski definition) is 3. The van der Waals surface area contributed by atoms with Gasteiger partial charge in [-0.1, -0.05) is 23.7 Å². The first-order valence-corrected chi connectivity index (χ1v) is 8.97. The van der Waals surface area contributed by atoms with E-state index in [2.05, 4.69) is 25.6 Å². The average Bonchev–Trinajstić information content (AvgIpc) is 2.69. The molecule has 27 heavy (non-hydrogen) atoms. The highest BCUT2D eigenvalue weighted by Gasteiger charge is 2.06. The van der Waals surface area contributed by atoms with Crippen LogP contribution in [0.5, 0.6) is 6.01 Å². The van der Waals surface area contributed by atoms with Gasteiger partial charge in [-0.2, -0.15) is 15.0 Å². The molecule has 1 heterocycles. The Morgan fingerprint density at radius 3 is 2.26 bits per heavy atom. The lowest BCUT2D eigenvalue weighted by Gasteiger charge is -2.10. The van der Waals surface area contributed by atoms with Crippen molar-refractivity contribution in [2.75, 3.05) is 57.3 Å². The Labute approximate surface area is 163 Å². The number of nitrogens with two attached hydrogens (primary N) is 1. The number of ether oxygens (including phenoxy) is 3. The molecule has 10 heteroatoms. The normalized spacial score (nSPS) is 10.6. The number of nitrogens with one attached hydrogen (secondary N) is 2. The molecule has 0 unspecified atom stereocenters. The number of anilines is 2. The standard InChI is InChI=1S/C17H25ClN6O3/c1-25-17-23-15(20-7-9-27-11-10-26-8-6-19)22-16(24-17)21-12-13-2-4-14(18)5-3-13/h2-5H,6-12,19H2,1H3,(H2,20,21,22,23,24). The molecule has 0 atom stereocenters. The molecule has 1 aromatic heterocycles. The maximum atomic E-state index is 5.89. The SMILES string of the molecule is COc1nc(NCCOCCOCCN)nc(NCc2ccc(Cl)cc2)n1. The zero-order valence-electron chi connectivity index (χ0n) is 15.3. The first kappa shape index (κ1) is 21.1. The Bertz CT molecular complexity index is 674. The van der Waals surface area contributed by atoms with Crippen molar-refractivity contribution in [1.29, 1.82) is 0 Å². The summed E-state index contributed by atoms with van der Waals surface area (Å²) in [6.45, 7) is 3.67. The predicted molar refractivity (Wildman–Crippen MR) is 104 cm³/mol. The first-order chi connectivity index (χ1) is 13.2. The zero-order valence-corrected chi connectivity index (χ0v) is 16.0. The van der Waals surface area contributed by atoms with Gasteiger partial charge in [0.2, 0.25) is 11.9 Å². The third-order valence-electron chi connectivity index (χ3n) is 3.33. The highest BCUT2D eigenvalue weighted by molar-refractivity contribution is 6.30. The smallest absolute Gasteiger partial charge is 0.322 e. The van der Waals surface area contributed by atoms with Gasteiger partial charge >= 0.3 is 6.01 Å². The molecule has 2 aromatic rings. The van der Waals surface area contributed by atoms with E-state index in [9.17, 15) is 0 Å². The van der Waals surface area contributed by atoms with Crippen LogP contribution in [-0.4, -0.2) is 61.6 Å². The lowest BCUT2D eigenvalue weighted by molar-refractivity contribution is 0.0547. The van der Waals surface area contributed by atoms with Crippen LogP contribution in [0.3, 0.4) is 0 Å². The molecule has 0 saturated carbocycles. The maximum Gasteiger partial charge on any atom is 0.322 e. The lowest BCUT2D eigenvalue weighted by atomic mass is 10.2. The summed E-state index contributed by atoms with van der Waals surface area (Å²) in [6, 6.07) is 7.76. The molecule has 0 amide bonds. The second-order valence-corrected chi connectivity index (χ2v) is 5.83. The van der Waals surface area contributed by atoms with Gasteiger partial charge in [-0.15, -0.1) is 0 Å². The van der Waals surface area contributed by atoms with Crippen LogP contribution in [0.15, 0.2) is 24.3 Å². The Morgan fingerprint density at radius 1 is 0.926 bits per heavy atom. The third kappa shape index (κ3) is 8.35. The molecule has 2 rings (SSSR count). The molecule has 0 spiro atoms. The fourth-order valence-corrected chi connectivity index (χ4v) is 2.16. The van der Waals surface area contributed by atoms with Crippen molar-refractivity contribution in [3.05, 3.63) is 34.9 Å². The summed E-state index contributed by atoms with van der Waals surface area (Å²) in [6.07, 6.45) is 0. The number of halogens is 1. The van der Waals surface area contributed by atoms with Gasteiger partial charge in [0, 0.05) is 24.7 Å². The van der Waals surface area contributed by atoms with Crippen LogP contribution in [0.25, 0.3) is 0 Å². The average molecular weight is 397 g/mol. The van der Waals surface area contributed by atoms with Crippen molar-refractivity contribution >= 4 is 23.5 Å². The Morgan fingerprint density at radius 2 is 1.59 bits per heavy atom. The van der Waals surface area contributed by atoms with Gasteiger partial charge in [-0.05, 0) is 17.7 Å². The molecule has 0 aliphatic rings. The highest BCUT2D eigenvalue weighted by atomic mass is 35.5. The summed E-state index contributed by atoms with van der Waals surface area (Å²) in [4.78, 5) is 12.7. The van der Waals surface area contributed by atoms with E-state index in [1.165, 1.54) is 7.11 Å². The van der Waals surface area contributed by atoms with Gasteiger partial charge < -0.3 is 30.6 Å². The van der Waals surface area contributed by atoms with Crippen molar-refractivity contribution in [1.82, 2.24) is 15.0 Å². The van der Waals surface area contributed by atoms with Crippen molar-refractivity contribution in [2.45, 2.75) is 6.54 Å². The van der Waals surface area contributed by atoms with Crippen LogP contribution in [0, 0.1) is 0 Å². The largest absolute Gasteiger partial charge is 0.467 e. The molecule has 4 N–H and O–H groups in total. The van der Waals surface area contributed by atoms with Crippen LogP contribution >= 0.6 is 11.6 Å². The van der Waals surface area contributed by atoms with Crippen molar-refractivity contribution in [2.24, 2.45) is 5.73 Å². The molecule has 1 aromatic carbocycles. The molecule has 0 saturated heterocycles. The molecule has 0 bridgehead atoms. The summed E-state index contributed by atoms with van der Waals surface area (Å²) in [5.74, 6) is 0.818. The van der Waals surface area contributed by atoms with E-state index < -0.39 is 0 Å². The minimum Gasteiger partial charge on any atom is -0.467 e. The lowest BCUT2D eigenvalue weighted by Crippen LogP contribution is -2.16. The van der Waals surface area contributed by atoms with E-state index in [1.54, 1.807) is 0 Å². The van der Waals surface area contributed by atoms with E-state index in [0.717, 1.165) is 5.56 Å². The van der Waals surface area contributed by atoms with E-state index >= 15 is 0 Å². The summed E-state index contributed by atoms with van der Waals surface area (Å²) in [5, 5.41) is 6.92. The van der Waals surface area contributed by atoms with Crippen LogP contribution in [0.1, 0.15) is 5.56 Å². The van der Waals surface area contributed by atoms with Gasteiger partial charge in [0.1, 0.15) is 0 Å². The summed E-state index contributed by atoms with van der Waals surface area (Å²) < 4.78 is 15.8. The molecule has 0 aliphatic heterocycles. The molecule has 9 nitrogen and oxygen atoms in total. The summed E-state index contributed by atoms with van der Waals surface area (Å²) >= 11 is 5.89. The molecule has 148 valence electrons. The summed E-state index contributed by atoms with van der Waals surface area (Å²) in [5.41, 5.74) is 6.39. The Balaban J connectivity index is 1.78. The van der Waals surface area contributed by atoms with Gasteiger partial charge in [-0.25, -0.2) is 0 Å². The number of rotatable bonds is 13. The number of hydrogen-bond acceptors (Lipinski definition) is 9. The van der Waals surface area contributed by atoms with Gasteiger partial charge in [0.15, 0.2) is 0 Å². The number of methoxy groups -OCH3 is 1. The minimum atomic E-state index is 0.224. The molecule has 0 radical (unpaired) electrons. The quantitative estimate of drug-likeness (QED) is 0.433. The van der Waals surface area contributed by atoms with Crippen molar-refractivity contribution in [3.63, 3.8) is 0 Å². The topological polar surface area (TPSA) is 116 Å². The van der Waals surface area contributed by atoms with Gasteiger partial charge in [-0.3, -0.25) is 0 Å². The maximum absolute atomic E-state index is 5.89. The fraction of sp³-hybridized carbons (Fsp3) is 0.471. The molecular weight excluding hydrogens is 372 g/mol. The monoisotopic (exact) mass is 396 g/mol. The highest BCUT2D eigenvalue weighted by Crippen LogP contribution is 2.13. The molecule has 0 fully saturated rings. The number of benzene rings is 1. The van der Waals surface area contributed by atoms with Crippen molar-refractivity contribution < 1.29 is 14.2 Å². The third-order valence-corrected chi connectivity index (χ3v) is 3.58. The van der Waals surface area contributed by atoms with Crippen LogP contribution in [0.4, 0.5) is 11.9 Å². The summed E-state index contributed by atoms with van der Waals surface area (Å²) in [7, 11) is 1.51. The molecule has 0 aliphatic carbocycles. The minimum absolute atomic E-state index is 0.224. The van der Waals surface area contributed by atoms with E-state index in [-0.39, 0.29) is 6.01 Å². The van der Waals surface area contributed by atoms with E-state index in [1.807, 2.05) is 24.3 Å². The van der Waals surface area contributed by atoms with Crippen LogP contribution < -0.4 is 21.1 Å². The number of nitrogens with zero attached hydrogens (tertiary/aromatic N) is 3. The second kappa shape index (κ2) is 12.2. The van der Waals surface area contributed by atoms with Crippen LogP contribution in [-0.2, 0) is 16.0 Å². The fourth-order valence-electron chi connectivity index (χ4n) is 2.03. The van der Waals surface area contributed by atoms with Crippen LogP contribution in [0.2, 0.25) is 5.02 Å². The molecular formula is C17H25ClN6O3. The van der Waals surface area contributed by atoms with Gasteiger partial charge in [0.25, 0.3) is 0 Å². The van der Waals surface area contributed by atoms with Gasteiger partial charge in [0.05, 0.1) is 33.5 Å². The van der Waals surface area contributed by atoms with Crippen molar-refractivity contribution in [3.8, 4) is 6.01 Å². The van der Waals surface area contributed by atoms with E-state index in [4.69, 9.17) is 31.5 Å². The first-order valence-electron chi connectivity index (χ1n) is 8.59. The Kier molecular flexibility index (Phi) is 9.56. The zero-order chi connectivity index (χ0) is 19.3. The Hall–Kier alpha value is -2.20. The number of aromatic nitrogens is 3. The predicted octanol–water partition coefficient (Wildman–Crippen LogP) is 1.55.